The fourth-order valence-corrected chi connectivity index (χ4v) is 3.56. The van der Waals surface area contributed by atoms with E-state index in [1.54, 1.807) is 12.1 Å². The Bertz CT molecular complexity index is 915. The molecule has 26 heavy (non-hydrogen) atoms. The summed E-state index contributed by atoms with van der Waals surface area (Å²) in [6.45, 7) is 2.68. The number of nitrogens with one attached hydrogen (secondary N) is 1. The van der Waals surface area contributed by atoms with Crippen LogP contribution in [0.4, 0.5) is 0 Å². The molecule has 0 spiro atoms. The minimum absolute atomic E-state index is 0.0586. The van der Waals surface area contributed by atoms with Crippen molar-refractivity contribution in [3.8, 4) is 11.3 Å². The highest BCUT2D eigenvalue weighted by Crippen LogP contribution is 2.40. The quantitative estimate of drug-likeness (QED) is 0.724. The van der Waals surface area contributed by atoms with Gasteiger partial charge in [-0.1, -0.05) is 24.3 Å². The number of aromatic nitrogens is 1. The van der Waals surface area contributed by atoms with Gasteiger partial charge in [-0.3, -0.25) is 14.4 Å². The first kappa shape index (κ1) is 16.5. The van der Waals surface area contributed by atoms with Crippen molar-refractivity contribution >= 4 is 17.7 Å². The Kier molecular flexibility index (Phi) is 3.88. The maximum absolute atomic E-state index is 12.6. The molecular formula is C19H17NO6. The van der Waals surface area contributed by atoms with Crippen molar-refractivity contribution in [3.05, 3.63) is 47.2 Å². The maximum atomic E-state index is 12.6. The van der Waals surface area contributed by atoms with E-state index in [2.05, 4.69) is 4.98 Å². The first-order valence-electron chi connectivity index (χ1n) is 8.28. The predicted octanol–water partition coefficient (Wildman–Crippen LogP) is 2.16. The second-order valence-electron chi connectivity index (χ2n) is 6.36. The number of aromatic amines is 1. The Hall–Kier alpha value is -2.93. The van der Waals surface area contributed by atoms with Crippen molar-refractivity contribution < 1.29 is 28.6 Å². The van der Waals surface area contributed by atoms with Crippen LogP contribution in [-0.2, 0) is 23.8 Å². The molecule has 1 aliphatic heterocycles. The highest BCUT2D eigenvalue weighted by Gasteiger charge is 2.44. The van der Waals surface area contributed by atoms with Gasteiger partial charge in [-0.15, -0.1) is 0 Å². The minimum atomic E-state index is -0.777. The molecule has 7 nitrogen and oxygen atoms in total. The molecule has 2 heterocycles. The van der Waals surface area contributed by atoms with Crippen LogP contribution in [0.5, 0.6) is 0 Å². The van der Waals surface area contributed by atoms with Crippen LogP contribution >= 0.6 is 0 Å². The van der Waals surface area contributed by atoms with E-state index in [1.807, 2.05) is 18.2 Å². The van der Waals surface area contributed by atoms with Crippen LogP contribution in [0, 0.1) is 0 Å². The van der Waals surface area contributed by atoms with Gasteiger partial charge in [-0.2, -0.15) is 0 Å². The van der Waals surface area contributed by atoms with Crippen LogP contribution in [0.25, 0.3) is 11.3 Å². The smallest absolute Gasteiger partial charge is 0.303 e. The summed E-state index contributed by atoms with van der Waals surface area (Å²) in [6, 6.07) is 9.07. The van der Waals surface area contributed by atoms with Gasteiger partial charge < -0.3 is 19.2 Å². The van der Waals surface area contributed by atoms with Crippen molar-refractivity contribution in [3.63, 3.8) is 0 Å². The number of carbonyl (C=O) groups excluding carboxylic acids is 3. The van der Waals surface area contributed by atoms with Gasteiger partial charge in [0.05, 0.1) is 12.3 Å². The van der Waals surface area contributed by atoms with E-state index < -0.39 is 30.3 Å². The third-order valence-corrected chi connectivity index (χ3v) is 4.55. The molecule has 1 saturated heterocycles. The lowest BCUT2D eigenvalue weighted by molar-refractivity contribution is -0.163. The standard InChI is InChI=1S/C19H17NO6/c1-9(21)25-15-8-24-18(19(15)26-10(2)22)14-7-13-16(20-14)11-5-3-4-6-12(11)17(13)23/h3-7,15,18-20H,8H2,1-2H3/t15-,18+,19-/m1/s1. The van der Waals surface area contributed by atoms with Crippen molar-refractivity contribution in [2.75, 3.05) is 6.61 Å². The number of ketones is 1. The first-order chi connectivity index (χ1) is 12.5. The SMILES string of the molecule is CC(=O)O[C@@H]1[C@H](OC(C)=O)CO[C@H]1c1cc2c([nH]1)-c1ccccc1C2=O. The monoisotopic (exact) mass is 355 g/mol. The average molecular weight is 355 g/mol. The number of carbonyl (C=O) groups is 3. The Morgan fingerprint density at radius 2 is 1.77 bits per heavy atom. The summed E-state index contributed by atoms with van der Waals surface area (Å²) in [5.74, 6) is -1.03. The van der Waals surface area contributed by atoms with Crippen molar-refractivity contribution in [2.24, 2.45) is 0 Å². The average Bonchev–Trinajstić information content (AvgIpc) is 3.24. The molecule has 2 aliphatic rings. The Morgan fingerprint density at radius 1 is 1.08 bits per heavy atom. The van der Waals surface area contributed by atoms with Gasteiger partial charge in [0, 0.05) is 36.2 Å². The maximum Gasteiger partial charge on any atom is 0.303 e. The molecule has 1 aliphatic carbocycles. The lowest BCUT2D eigenvalue weighted by Gasteiger charge is -2.21. The molecule has 1 N–H and O–H groups in total. The lowest BCUT2D eigenvalue weighted by atomic mass is 10.1. The summed E-state index contributed by atoms with van der Waals surface area (Å²) in [7, 11) is 0. The van der Waals surface area contributed by atoms with Crippen LogP contribution in [0.3, 0.4) is 0 Å². The van der Waals surface area contributed by atoms with Gasteiger partial charge in [-0.25, -0.2) is 0 Å². The van der Waals surface area contributed by atoms with Crippen LogP contribution in [0.1, 0.15) is 41.6 Å². The molecular weight excluding hydrogens is 338 g/mol. The largest absolute Gasteiger partial charge is 0.456 e. The van der Waals surface area contributed by atoms with E-state index in [0.717, 1.165) is 11.3 Å². The number of esters is 2. The summed E-state index contributed by atoms with van der Waals surface area (Å²) < 4.78 is 16.3. The summed E-state index contributed by atoms with van der Waals surface area (Å²) in [4.78, 5) is 38.6. The second-order valence-corrected chi connectivity index (χ2v) is 6.36. The van der Waals surface area contributed by atoms with E-state index in [1.165, 1.54) is 13.8 Å². The number of benzene rings is 1. The third-order valence-electron chi connectivity index (χ3n) is 4.55. The molecule has 134 valence electrons. The van der Waals surface area contributed by atoms with Gasteiger partial charge in [-0.05, 0) is 6.07 Å². The zero-order valence-corrected chi connectivity index (χ0v) is 14.3. The van der Waals surface area contributed by atoms with E-state index >= 15 is 0 Å². The molecule has 2 aromatic rings. The molecule has 0 unspecified atom stereocenters. The van der Waals surface area contributed by atoms with Gasteiger partial charge in [0.15, 0.2) is 18.0 Å². The topological polar surface area (TPSA) is 94.7 Å². The predicted molar refractivity (Wildman–Crippen MR) is 89.5 cm³/mol. The highest BCUT2D eigenvalue weighted by molar-refractivity contribution is 6.21. The van der Waals surface area contributed by atoms with Gasteiger partial charge >= 0.3 is 11.9 Å². The first-order valence-corrected chi connectivity index (χ1v) is 8.28. The van der Waals surface area contributed by atoms with Crippen LogP contribution in [-0.4, -0.2) is 41.5 Å². The third kappa shape index (κ3) is 2.61. The number of hydrogen-bond acceptors (Lipinski definition) is 6. The molecule has 0 bridgehead atoms. The summed E-state index contributed by atoms with van der Waals surface area (Å²) in [6.07, 6.45) is -2.11. The molecule has 0 amide bonds. The van der Waals surface area contributed by atoms with Gasteiger partial charge in [0.25, 0.3) is 0 Å². The van der Waals surface area contributed by atoms with Crippen LogP contribution < -0.4 is 0 Å². The number of H-pyrrole nitrogens is 1. The molecule has 4 rings (SSSR count). The Labute approximate surface area is 149 Å². The van der Waals surface area contributed by atoms with Crippen LogP contribution in [0.2, 0.25) is 0 Å². The molecule has 0 radical (unpaired) electrons. The van der Waals surface area contributed by atoms with E-state index in [9.17, 15) is 14.4 Å². The van der Waals surface area contributed by atoms with Crippen molar-refractivity contribution in [1.82, 2.24) is 4.98 Å². The van der Waals surface area contributed by atoms with E-state index in [0.29, 0.717) is 16.8 Å². The summed E-state index contributed by atoms with van der Waals surface area (Å²) in [5.41, 5.74) is 3.38. The molecule has 1 aromatic carbocycles. The molecule has 3 atom stereocenters. The zero-order chi connectivity index (χ0) is 18.4. The van der Waals surface area contributed by atoms with E-state index in [-0.39, 0.29) is 12.4 Å². The summed E-state index contributed by atoms with van der Waals surface area (Å²) >= 11 is 0. The normalized spacial score (nSPS) is 23.5. The Balaban J connectivity index is 1.68. The number of rotatable bonds is 3. The number of hydrogen-bond donors (Lipinski definition) is 1. The summed E-state index contributed by atoms with van der Waals surface area (Å²) in [5, 5.41) is 0. The number of fused-ring (bicyclic) bond motifs is 3. The zero-order valence-electron chi connectivity index (χ0n) is 14.3. The molecule has 0 saturated carbocycles. The minimum Gasteiger partial charge on any atom is -0.456 e. The van der Waals surface area contributed by atoms with Crippen molar-refractivity contribution in [2.45, 2.75) is 32.2 Å². The molecule has 1 fully saturated rings. The fraction of sp³-hybridized carbons (Fsp3) is 0.316. The van der Waals surface area contributed by atoms with Gasteiger partial charge in [0.2, 0.25) is 0 Å². The van der Waals surface area contributed by atoms with Crippen LogP contribution in [0.15, 0.2) is 30.3 Å². The van der Waals surface area contributed by atoms with Gasteiger partial charge in [0.1, 0.15) is 6.10 Å². The number of ether oxygens (including phenoxy) is 3. The highest BCUT2D eigenvalue weighted by atomic mass is 16.6. The van der Waals surface area contributed by atoms with Crippen molar-refractivity contribution in [1.29, 1.82) is 0 Å². The molecule has 7 heteroatoms. The Morgan fingerprint density at radius 3 is 2.46 bits per heavy atom. The second kappa shape index (κ2) is 6.10. The fourth-order valence-electron chi connectivity index (χ4n) is 3.56. The lowest BCUT2D eigenvalue weighted by Crippen LogP contribution is -2.34. The van der Waals surface area contributed by atoms with E-state index in [4.69, 9.17) is 14.2 Å². The molecule has 1 aromatic heterocycles.